The highest BCUT2D eigenvalue weighted by Gasteiger charge is 2.31. The highest BCUT2D eigenvalue weighted by Crippen LogP contribution is 2.29. The molecule has 0 saturated carbocycles. The molecule has 2 aromatic heterocycles. The molecule has 1 atom stereocenters. The number of halogens is 4. The van der Waals surface area contributed by atoms with Gasteiger partial charge in [-0.2, -0.15) is 23.0 Å². The topological polar surface area (TPSA) is 63.1 Å². The summed E-state index contributed by atoms with van der Waals surface area (Å²) in [6, 6.07) is 12.0. The molecule has 3 aromatic rings. The first-order valence-corrected chi connectivity index (χ1v) is 9.59. The number of nitrogens with one attached hydrogen (secondary N) is 1. The molecule has 0 aliphatic carbocycles. The molecule has 1 saturated heterocycles. The monoisotopic (exact) mass is 435 g/mol. The highest BCUT2D eigenvalue weighted by molar-refractivity contribution is 6.33. The summed E-state index contributed by atoms with van der Waals surface area (Å²) in [4.78, 5) is 18.5. The molecule has 1 N–H and O–H groups in total. The van der Waals surface area contributed by atoms with E-state index in [0.717, 1.165) is 42.0 Å². The smallest absolute Gasteiger partial charge is 0.378 e. The van der Waals surface area contributed by atoms with E-state index in [-0.39, 0.29) is 16.9 Å². The molecule has 4 rings (SSSR count). The van der Waals surface area contributed by atoms with E-state index in [1.165, 1.54) is 6.20 Å². The van der Waals surface area contributed by atoms with Gasteiger partial charge in [-0.15, -0.1) is 0 Å². The number of hydrogen-bond donors (Lipinski definition) is 1. The first-order chi connectivity index (χ1) is 14.3. The van der Waals surface area contributed by atoms with E-state index in [4.69, 9.17) is 11.6 Å². The third kappa shape index (κ3) is 4.11. The van der Waals surface area contributed by atoms with Gasteiger partial charge < -0.3 is 10.2 Å². The van der Waals surface area contributed by atoms with E-state index >= 15 is 0 Å². The fourth-order valence-electron chi connectivity index (χ4n) is 3.35. The first kappa shape index (κ1) is 20.2. The molecule has 0 spiro atoms. The quantitative estimate of drug-likeness (QED) is 0.671. The van der Waals surface area contributed by atoms with Crippen molar-refractivity contribution in [1.82, 2.24) is 14.8 Å². The van der Waals surface area contributed by atoms with Crippen molar-refractivity contribution in [3.05, 3.63) is 75.8 Å². The molecule has 156 valence electrons. The largest absolute Gasteiger partial charge is 0.417 e. The van der Waals surface area contributed by atoms with Crippen molar-refractivity contribution in [3.63, 3.8) is 0 Å². The maximum atomic E-state index is 12.7. The van der Waals surface area contributed by atoms with E-state index in [1.807, 2.05) is 30.3 Å². The van der Waals surface area contributed by atoms with E-state index in [1.54, 1.807) is 0 Å². The van der Waals surface area contributed by atoms with Gasteiger partial charge in [0.15, 0.2) is 5.82 Å². The Morgan fingerprint density at radius 3 is 2.53 bits per heavy atom. The van der Waals surface area contributed by atoms with Gasteiger partial charge in [-0.3, -0.25) is 4.79 Å². The third-order valence-electron chi connectivity index (χ3n) is 4.88. The Hall–Kier alpha value is -3.07. The van der Waals surface area contributed by atoms with Crippen molar-refractivity contribution in [2.75, 3.05) is 23.3 Å². The number of para-hydroxylation sites is 1. The van der Waals surface area contributed by atoms with Crippen LogP contribution in [0.2, 0.25) is 5.02 Å². The Bertz CT molecular complexity index is 1090. The summed E-state index contributed by atoms with van der Waals surface area (Å²) in [5.74, 6) is -0.0439. The second-order valence-corrected chi connectivity index (χ2v) is 7.28. The van der Waals surface area contributed by atoms with Crippen LogP contribution in [0.3, 0.4) is 0 Å². The molecule has 0 radical (unpaired) electrons. The van der Waals surface area contributed by atoms with Gasteiger partial charge in [-0.05, 0) is 30.7 Å². The van der Waals surface area contributed by atoms with Crippen molar-refractivity contribution < 1.29 is 13.2 Å². The van der Waals surface area contributed by atoms with Crippen LogP contribution in [0.15, 0.2) is 59.7 Å². The zero-order valence-corrected chi connectivity index (χ0v) is 16.4. The minimum atomic E-state index is -4.51. The fourth-order valence-corrected chi connectivity index (χ4v) is 3.53. The average molecular weight is 436 g/mol. The van der Waals surface area contributed by atoms with Gasteiger partial charge in [-0.25, -0.2) is 4.98 Å². The molecule has 0 amide bonds. The highest BCUT2D eigenvalue weighted by atomic mass is 35.5. The number of rotatable bonds is 4. The fraction of sp³-hybridized carbons (Fsp3) is 0.250. The van der Waals surface area contributed by atoms with Crippen LogP contribution in [0.1, 0.15) is 12.0 Å². The van der Waals surface area contributed by atoms with Crippen LogP contribution in [0.4, 0.5) is 24.5 Å². The number of aromatic nitrogens is 3. The normalized spacial score (nSPS) is 16.7. The third-order valence-corrected chi connectivity index (χ3v) is 5.25. The van der Waals surface area contributed by atoms with Crippen LogP contribution in [0, 0.1) is 0 Å². The van der Waals surface area contributed by atoms with Crippen LogP contribution in [-0.2, 0) is 6.18 Å². The number of anilines is 2. The van der Waals surface area contributed by atoms with Crippen molar-refractivity contribution >= 4 is 23.0 Å². The molecule has 6 nitrogen and oxygen atoms in total. The summed E-state index contributed by atoms with van der Waals surface area (Å²) >= 11 is 6.23. The molecule has 1 aromatic carbocycles. The average Bonchev–Trinajstić information content (AvgIpc) is 3.20. The van der Waals surface area contributed by atoms with Gasteiger partial charge >= 0.3 is 6.18 Å². The van der Waals surface area contributed by atoms with Gasteiger partial charge in [-0.1, -0.05) is 29.8 Å². The van der Waals surface area contributed by atoms with E-state index in [0.29, 0.717) is 11.9 Å². The number of benzene rings is 1. The summed E-state index contributed by atoms with van der Waals surface area (Å²) in [5, 5.41) is 7.17. The maximum absolute atomic E-state index is 12.7. The molecular formula is C20H17ClF3N5O. The van der Waals surface area contributed by atoms with Gasteiger partial charge in [0.2, 0.25) is 0 Å². The summed E-state index contributed by atoms with van der Waals surface area (Å²) in [6.45, 7) is 1.60. The van der Waals surface area contributed by atoms with Crippen LogP contribution < -0.4 is 15.8 Å². The Balaban J connectivity index is 1.50. The minimum Gasteiger partial charge on any atom is -0.378 e. The lowest BCUT2D eigenvalue weighted by atomic mass is 10.2. The van der Waals surface area contributed by atoms with Gasteiger partial charge in [0.25, 0.3) is 5.56 Å². The number of alkyl halides is 3. The predicted octanol–water partition coefficient (Wildman–Crippen LogP) is 3.99. The lowest BCUT2D eigenvalue weighted by molar-refractivity contribution is -0.137. The molecule has 30 heavy (non-hydrogen) atoms. The van der Waals surface area contributed by atoms with Crippen LogP contribution >= 0.6 is 11.6 Å². The SMILES string of the molecule is O=c1c(Cl)c(NC2CCN(c3ccccc3)C2)cnn1-c1ccc(C(F)(F)F)cn1. The zero-order chi connectivity index (χ0) is 21.3. The Labute approximate surface area is 174 Å². The minimum absolute atomic E-state index is 0.0439. The standard InChI is InChI=1S/C20H17ClF3N5O/c21-18-16(27-14-8-9-28(12-14)15-4-2-1-3-5-15)11-26-29(19(18)30)17-7-6-13(10-25-17)20(22,23)24/h1-7,10-11,14,27H,8-9,12H2. The summed E-state index contributed by atoms with van der Waals surface area (Å²) in [6.07, 6.45) is -1.62. The molecule has 3 heterocycles. The van der Waals surface area contributed by atoms with Gasteiger partial charge in [0.05, 0.1) is 17.4 Å². The predicted molar refractivity (Wildman–Crippen MR) is 108 cm³/mol. The lowest BCUT2D eigenvalue weighted by Gasteiger charge is -2.19. The second-order valence-electron chi connectivity index (χ2n) is 6.90. The summed E-state index contributed by atoms with van der Waals surface area (Å²) in [7, 11) is 0. The van der Waals surface area contributed by atoms with Crippen molar-refractivity contribution in [2.45, 2.75) is 18.6 Å². The van der Waals surface area contributed by atoms with E-state index in [9.17, 15) is 18.0 Å². The number of pyridine rings is 1. The Kier molecular flexibility index (Phi) is 5.38. The Morgan fingerprint density at radius 2 is 1.87 bits per heavy atom. The maximum Gasteiger partial charge on any atom is 0.417 e. The van der Waals surface area contributed by atoms with Crippen molar-refractivity contribution in [3.8, 4) is 5.82 Å². The second kappa shape index (κ2) is 7.98. The Morgan fingerprint density at radius 1 is 1.10 bits per heavy atom. The molecular weight excluding hydrogens is 419 g/mol. The summed E-state index contributed by atoms with van der Waals surface area (Å²) < 4.78 is 38.9. The number of hydrogen-bond acceptors (Lipinski definition) is 5. The molecule has 1 fully saturated rings. The van der Waals surface area contributed by atoms with Crippen LogP contribution in [0.5, 0.6) is 0 Å². The van der Waals surface area contributed by atoms with Crippen LogP contribution in [0.25, 0.3) is 5.82 Å². The molecule has 1 aliphatic heterocycles. The van der Waals surface area contributed by atoms with Gasteiger partial charge in [0.1, 0.15) is 5.02 Å². The zero-order valence-electron chi connectivity index (χ0n) is 15.6. The molecule has 10 heteroatoms. The van der Waals surface area contributed by atoms with Crippen LogP contribution in [-0.4, -0.2) is 33.9 Å². The van der Waals surface area contributed by atoms with Gasteiger partial charge in [0, 0.05) is 31.0 Å². The molecule has 1 aliphatic rings. The van der Waals surface area contributed by atoms with E-state index in [2.05, 4.69) is 20.3 Å². The molecule has 0 bridgehead atoms. The summed E-state index contributed by atoms with van der Waals surface area (Å²) in [5.41, 5.74) is -0.0701. The number of nitrogens with zero attached hydrogens (tertiary/aromatic N) is 4. The van der Waals surface area contributed by atoms with Crippen molar-refractivity contribution in [2.24, 2.45) is 0 Å². The first-order valence-electron chi connectivity index (χ1n) is 9.21. The molecule has 1 unspecified atom stereocenters. The lowest BCUT2D eigenvalue weighted by Crippen LogP contribution is -2.28. The van der Waals surface area contributed by atoms with Crippen molar-refractivity contribution in [1.29, 1.82) is 0 Å². The van der Waals surface area contributed by atoms with E-state index < -0.39 is 17.3 Å².